The molecule has 0 aliphatic carbocycles. The Hall–Kier alpha value is -0.320. The molecule has 1 aliphatic rings. The topological polar surface area (TPSA) is 37.8 Å². The molecule has 0 amide bonds. The lowest BCUT2D eigenvalue weighted by molar-refractivity contribution is 0.429. The zero-order valence-corrected chi connectivity index (χ0v) is 12.0. The van der Waals surface area contributed by atoms with Gasteiger partial charge in [-0.3, -0.25) is 0 Å². The van der Waals surface area contributed by atoms with Gasteiger partial charge >= 0.3 is 0 Å². The van der Waals surface area contributed by atoms with Gasteiger partial charge in [0, 0.05) is 23.2 Å². The maximum absolute atomic E-state index is 4.44. The van der Waals surface area contributed by atoms with E-state index in [-0.39, 0.29) is 12.4 Å². The molecule has 0 saturated carbocycles. The lowest BCUT2D eigenvalue weighted by atomic mass is 10.1. The normalized spacial score (nSPS) is 19.8. The standard InChI is InChI=1S/C12H19N3S.ClH/c1-9-7-10(2)15-12(14-9)16-8-11-5-3-4-6-13-11;/h7,11,13H,3-6,8H2,1-2H3;1H. The summed E-state index contributed by atoms with van der Waals surface area (Å²) in [6.07, 6.45) is 3.96. The first-order valence-corrected chi connectivity index (χ1v) is 6.91. The highest BCUT2D eigenvalue weighted by Crippen LogP contribution is 2.18. The van der Waals surface area contributed by atoms with Gasteiger partial charge in [-0.25, -0.2) is 9.97 Å². The van der Waals surface area contributed by atoms with E-state index < -0.39 is 0 Å². The number of halogens is 1. The predicted octanol–water partition coefficient (Wildman–Crippen LogP) is 2.75. The van der Waals surface area contributed by atoms with Crippen LogP contribution < -0.4 is 5.32 Å². The second-order valence-corrected chi connectivity index (χ2v) is 5.38. The molecule has 3 nitrogen and oxygen atoms in total. The molecule has 0 radical (unpaired) electrons. The molecule has 2 rings (SSSR count). The molecule has 1 aliphatic heterocycles. The van der Waals surface area contributed by atoms with Crippen molar-refractivity contribution in [1.29, 1.82) is 0 Å². The minimum atomic E-state index is 0. The number of thioether (sulfide) groups is 1. The van der Waals surface area contributed by atoms with Crippen molar-refractivity contribution in [2.45, 2.75) is 44.3 Å². The summed E-state index contributed by atoms with van der Waals surface area (Å²) in [6, 6.07) is 2.66. The van der Waals surface area contributed by atoms with E-state index in [0.29, 0.717) is 6.04 Å². The smallest absolute Gasteiger partial charge is 0.188 e. The van der Waals surface area contributed by atoms with Crippen LogP contribution in [-0.2, 0) is 0 Å². The molecule has 5 heteroatoms. The first-order valence-electron chi connectivity index (χ1n) is 5.92. The van der Waals surface area contributed by atoms with Crippen molar-refractivity contribution in [2.24, 2.45) is 0 Å². The average Bonchev–Trinajstić information content (AvgIpc) is 2.27. The molecule has 1 N–H and O–H groups in total. The predicted molar refractivity (Wildman–Crippen MR) is 75.1 cm³/mol. The molecule has 96 valence electrons. The van der Waals surface area contributed by atoms with Gasteiger partial charge in [0.15, 0.2) is 5.16 Å². The first-order chi connectivity index (χ1) is 7.74. The van der Waals surface area contributed by atoms with Crippen molar-refractivity contribution in [3.63, 3.8) is 0 Å². The molecule has 1 fully saturated rings. The monoisotopic (exact) mass is 273 g/mol. The van der Waals surface area contributed by atoms with Crippen molar-refractivity contribution >= 4 is 24.2 Å². The molecule has 1 aromatic heterocycles. The van der Waals surface area contributed by atoms with Crippen LogP contribution in [0.4, 0.5) is 0 Å². The molecular weight excluding hydrogens is 254 g/mol. The molecule has 1 aromatic rings. The van der Waals surface area contributed by atoms with Crippen LogP contribution in [0.1, 0.15) is 30.7 Å². The number of hydrogen-bond acceptors (Lipinski definition) is 4. The Balaban J connectivity index is 0.00000144. The van der Waals surface area contributed by atoms with Crippen LogP contribution in [0.3, 0.4) is 0 Å². The number of aromatic nitrogens is 2. The van der Waals surface area contributed by atoms with Crippen molar-refractivity contribution in [1.82, 2.24) is 15.3 Å². The van der Waals surface area contributed by atoms with E-state index in [4.69, 9.17) is 0 Å². The first kappa shape index (κ1) is 14.7. The van der Waals surface area contributed by atoms with Crippen LogP contribution in [0.2, 0.25) is 0 Å². The van der Waals surface area contributed by atoms with Crippen molar-refractivity contribution in [3.05, 3.63) is 17.5 Å². The highest BCUT2D eigenvalue weighted by molar-refractivity contribution is 7.99. The van der Waals surface area contributed by atoms with Crippen LogP contribution >= 0.6 is 24.2 Å². The van der Waals surface area contributed by atoms with E-state index in [1.807, 2.05) is 19.9 Å². The lowest BCUT2D eigenvalue weighted by Crippen LogP contribution is -2.35. The van der Waals surface area contributed by atoms with Gasteiger partial charge in [-0.15, -0.1) is 12.4 Å². The van der Waals surface area contributed by atoms with Gasteiger partial charge in [0.05, 0.1) is 0 Å². The molecule has 0 bridgehead atoms. The van der Waals surface area contributed by atoms with E-state index in [1.165, 1.54) is 25.8 Å². The summed E-state index contributed by atoms with van der Waals surface area (Å²) >= 11 is 1.77. The van der Waals surface area contributed by atoms with Gasteiger partial charge < -0.3 is 5.32 Å². The Kier molecular flexibility index (Phi) is 6.23. The molecule has 17 heavy (non-hydrogen) atoms. The molecule has 0 aromatic carbocycles. The third kappa shape index (κ3) is 4.82. The van der Waals surface area contributed by atoms with Crippen LogP contribution in [0, 0.1) is 13.8 Å². The molecule has 1 saturated heterocycles. The van der Waals surface area contributed by atoms with E-state index >= 15 is 0 Å². The number of aryl methyl sites for hydroxylation is 2. The van der Waals surface area contributed by atoms with Crippen LogP contribution in [0.25, 0.3) is 0 Å². The van der Waals surface area contributed by atoms with Gasteiger partial charge in [0.25, 0.3) is 0 Å². The number of rotatable bonds is 3. The van der Waals surface area contributed by atoms with E-state index in [9.17, 15) is 0 Å². The molecule has 2 heterocycles. The Morgan fingerprint density at radius 3 is 2.59 bits per heavy atom. The highest BCUT2D eigenvalue weighted by Gasteiger charge is 2.13. The van der Waals surface area contributed by atoms with Gasteiger partial charge in [-0.05, 0) is 39.3 Å². The van der Waals surface area contributed by atoms with Crippen LogP contribution in [0.5, 0.6) is 0 Å². The fraction of sp³-hybridized carbons (Fsp3) is 0.667. The van der Waals surface area contributed by atoms with Gasteiger partial charge in [0.1, 0.15) is 0 Å². The van der Waals surface area contributed by atoms with Crippen molar-refractivity contribution < 1.29 is 0 Å². The highest BCUT2D eigenvalue weighted by atomic mass is 35.5. The third-order valence-electron chi connectivity index (χ3n) is 2.79. The Morgan fingerprint density at radius 2 is 2.00 bits per heavy atom. The zero-order valence-electron chi connectivity index (χ0n) is 10.4. The largest absolute Gasteiger partial charge is 0.313 e. The maximum atomic E-state index is 4.44. The molecule has 1 atom stereocenters. The van der Waals surface area contributed by atoms with E-state index in [1.54, 1.807) is 11.8 Å². The second kappa shape index (κ2) is 7.19. The van der Waals surface area contributed by atoms with Crippen LogP contribution in [-0.4, -0.2) is 28.3 Å². The number of nitrogens with one attached hydrogen (secondary N) is 1. The minimum Gasteiger partial charge on any atom is -0.313 e. The van der Waals surface area contributed by atoms with Crippen molar-refractivity contribution in [3.8, 4) is 0 Å². The molecule has 1 unspecified atom stereocenters. The summed E-state index contributed by atoms with van der Waals surface area (Å²) in [5.74, 6) is 1.09. The summed E-state index contributed by atoms with van der Waals surface area (Å²) in [6.45, 7) is 5.22. The summed E-state index contributed by atoms with van der Waals surface area (Å²) in [5.41, 5.74) is 2.12. The second-order valence-electron chi connectivity index (χ2n) is 4.39. The lowest BCUT2D eigenvalue weighted by Gasteiger charge is -2.22. The fourth-order valence-electron chi connectivity index (χ4n) is 2.00. The Bertz CT molecular complexity index is 333. The summed E-state index contributed by atoms with van der Waals surface area (Å²) in [7, 11) is 0. The third-order valence-corrected chi connectivity index (χ3v) is 3.80. The summed E-state index contributed by atoms with van der Waals surface area (Å²) in [4.78, 5) is 8.88. The number of piperidine rings is 1. The van der Waals surface area contributed by atoms with E-state index in [2.05, 4.69) is 15.3 Å². The van der Waals surface area contributed by atoms with Crippen LogP contribution in [0.15, 0.2) is 11.2 Å². The minimum absolute atomic E-state index is 0. The summed E-state index contributed by atoms with van der Waals surface area (Å²) in [5, 5.41) is 4.46. The van der Waals surface area contributed by atoms with Crippen molar-refractivity contribution in [2.75, 3.05) is 12.3 Å². The van der Waals surface area contributed by atoms with E-state index in [0.717, 1.165) is 22.3 Å². The van der Waals surface area contributed by atoms with Gasteiger partial charge in [-0.2, -0.15) is 0 Å². The Labute approximate surface area is 114 Å². The maximum Gasteiger partial charge on any atom is 0.188 e. The fourth-order valence-corrected chi connectivity index (χ4v) is 3.05. The quantitative estimate of drug-likeness (QED) is 0.679. The summed E-state index contributed by atoms with van der Waals surface area (Å²) < 4.78 is 0. The van der Waals surface area contributed by atoms with Gasteiger partial charge in [-0.1, -0.05) is 18.2 Å². The zero-order chi connectivity index (χ0) is 11.4. The number of nitrogens with zero attached hydrogens (tertiary/aromatic N) is 2. The molecule has 0 spiro atoms. The van der Waals surface area contributed by atoms with Gasteiger partial charge in [0.2, 0.25) is 0 Å². The number of hydrogen-bond donors (Lipinski definition) is 1. The molecular formula is C12H20ClN3S. The average molecular weight is 274 g/mol. The SMILES string of the molecule is Cc1cc(C)nc(SCC2CCCCN2)n1.Cl. The Morgan fingerprint density at radius 1 is 1.29 bits per heavy atom.